The van der Waals surface area contributed by atoms with E-state index in [-0.39, 0.29) is 11.7 Å². The second kappa shape index (κ2) is 11.5. The van der Waals surface area contributed by atoms with E-state index in [9.17, 15) is 9.18 Å². The maximum absolute atomic E-state index is 13.2. The molecule has 2 aliphatic heterocycles. The molecule has 0 bridgehead atoms. The Bertz CT molecular complexity index is 1550. The molecular weight excluding hydrogens is 523 g/mol. The number of ether oxygens (including phenoxy) is 1. The Kier molecular flexibility index (Phi) is 7.51. The molecule has 0 atom stereocenters. The first kappa shape index (κ1) is 26.1. The first-order valence-electron chi connectivity index (χ1n) is 13.4. The van der Waals surface area contributed by atoms with Gasteiger partial charge in [-0.1, -0.05) is 37.3 Å². The van der Waals surface area contributed by atoms with Crippen LogP contribution < -0.4 is 4.74 Å². The zero-order valence-corrected chi connectivity index (χ0v) is 23.0. The van der Waals surface area contributed by atoms with Crippen LogP contribution in [0, 0.1) is 11.7 Å². The zero-order chi connectivity index (χ0) is 27.5. The summed E-state index contributed by atoms with van der Waals surface area (Å²) in [6, 6.07) is 23.9. The molecule has 1 fully saturated rings. The molecule has 202 valence electrons. The van der Waals surface area contributed by atoms with E-state index in [1.165, 1.54) is 23.9 Å². The highest BCUT2D eigenvalue weighted by atomic mass is 32.2. The van der Waals surface area contributed by atoms with Crippen molar-refractivity contribution in [1.82, 2.24) is 14.7 Å². The van der Waals surface area contributed by atoms with Crippen molar-refractivity contribution in [2.24, 2.45) is 10.9 Å². The van der Waals surface area contributed by atoms with Gasteiger partial charge in [-0.05, 0) is 90.7 Å². The number of amides is 1. The summed E-state index contributed by atoms with van der Waals surface area (Å²) in [4.78, 5) is 20.1. The van der Waals surface area contributed by atoms with E-state index in [1.807, 2.05) is 71.6 Å². The quantitative estimate of drug-likeness (QED) is 0.242. The van der Waals surface area contributed by atoms with Gasteiger partial charge in [-0.15, -0.1) is 0 Å². The lowest BCUT2D eigenvalue weighted by Gasteiger charge is -2.30. The zero-order valence-electron chi connectivity index (χ0n) is 22.2. The van der Waals surface area contributed by atoms with Gasteiger partial charge in [0.2, 0.25) is 0 Å². The van der Waals surface area contributed by atoms with Gasteiger partial charge in [-0.2, -0.15) is 10.1 Å². The molecule has 4 aromatic rings. The van der Waals surface area contributed by atoms with Crippen LogP contribution in [0.2, 0.25) is 0 Å². The lowest BCUT2D eigenvalue weighted by molar-refractivity contribution is -0.113. The minimum absolute atomic E-state index is 0.207. The van der Waals surface area contributed by atoms with Gasteiger partial charge in [-0.3, -0.25) is 4.79 Å². The number of nitrogens with zero attached hydrogens (tertiary/aromatic N) is 4. The van der Waals surface area contributed by atoms with E-state index in [0.29, 0.717) is 23.2 Å². The average Bonchev–Trinajstić information content (AvgIpc) is 3.57. The second-order valence-corrected chi connectivity index (χ2v) is 11.1. The lowest BCUT2D eigenvalue weighted by Crippen LogP contribution is -2.35. The number of amidine groups is 1. The van der Waals surface area contributed by atoms with Crippen LogP contribution in [0.5, 0.6) is 5.75 Å². The number of hydrogen-bond donors (Lipinski definition) is 0. The van der Waals surface area contributed by atoms with Gasteiger partial charge in [0.05, 0.1) is 16.3 Å². The predicted octanol–water partition coefficient (Wildman–Crippen LogP) is 6.96. The number of aliphatic imine (C=N–C) groups is 1. The van der Waals surface area contributed by atoms with Gasteiger partial charge in [0.15, 0.2) is 5.17 Å². The molecule has 8 heteroatoms. The molecule has 0 N–H and O–H groups in total. The van der Waals surface area contributed by atoms with Gasteiger partial charge >= 0.3 is 0 Å². The smallest absolute Gasteiger partial charge is 0.286 e. The summed E-state index contributed by atoms with van der Waals surface area (Å²) in [6.45, 7) is 4.48. The minimum atomic E-state index is -0.268. The van der Waals surface area contributed by atoms with Crippen molar-refractivity contribution in [3.8, 4) is 22.7 Å². The topological polar surface area (TPSA) is 59.7 Å². The Morgan fingerprint density at radius 1 is 1.00 bits per heavy atom. The number of aromatic nitrogens is 2. The summed E-state index contributed by atoms with van der Waals surface area (Å²) in [5, 5.41) is 5.69. The third-order valence-corrected chi connectivity index (χ3v) is 8.20. The van der Waals surface area contributed by atoms with E-state index in [0.717, 1.165) is 59.2 Å². The second-order valence-electron chi connectivity index (χ2n) is 10.1. The summed E-state index contributed by atoms with van der Waals surface area (Å²) < 4.78 is 20.9. The van der Waals surface area contributed by atoms with E-state index in [2.05, 4.69) is 16.8 Å². The summed E-state index contributed by atoms with van der Waals surface area (Å²) in [5.41, 5.74) is 4.31. The molecule has 1 amide bonds. The van der Waals surface area contributed by atoms with Crippen LogP contribution in [-0.4, -0.2) is 38.8 Å². The van der Waals surface area contributed by atoms with Crippen molar-refractivity contribution in [3.05, 3.63) is 107 Å². The van der Waals surface area contributed by atoms with Crippen molar-refractivity contribution in [2.45, 2.75) is 26.4 Å². The molecule has 1 aromatic heterocycles. The first-order chi connectivity index (χ1) is 19.5. The van der Waals surface area contributed by atoms with Crippen LogP contribution in [0.3, 0.4) is 0 Å². The normalized spacial score (nSPS) is 16.9. The molecule has 2 aliphatic rings. The van der Waals surface area contributed by atoms with Crippen molar-refractivity contribution >= 4 is 28.9 Å². The third kappa shape index (κ3) is 5.87. The van der Waals surface area contributed by atoms with E-state index in [1.54, 1.807) is 12.1 Å². The lowest BCUT2D eigenvalue weighted by atomic mass is 10.00. The van der Waals surface area contributed by atoms with Gasteiger partial charge in [0.1, 0.15) is 18.2 Å². The molecular formula is C32H29FN4O2S. The molecule has 0 saturated carbocycles. The molecule has 3 heterocycles. The summed E-state index contributed by atoms with van der Waals surface area (Å²) in [7, 11) is 0. The number of benzene rings is 3. The van der Waals surface area contributed by atoms with E-state index >= 15 is 0 Å². The van der Waals surface area contributed by atoms with Crippen molar-refractivity contribution < 1.29 is 13.9 Å². The van der Waals surface area contributed by atoms with E-state index in [4.69, 9.17) is 9.84 Å². The summed E-state index contributed by atoms with van der Waals surface area (Å²) in [6.07, 6.45) is 6.08. The Hall–Kier alpha value is -4.17. The number of piperidine rings is 1. The molecule has 0 radical (unpaired) electrons. The summed E-state index contributed by atoms with van der Waals surface area (Å²) in [5.74, 6) is 0.933. The third-order valence-electron chi connectivity index (χ3n) is 7.16. The van der Waals surface area contributed by atoms with Crippen LogP contribution >= 0.6 is 11.8 Å². The van der Waals surface area contributed by atoms with Crippen LogP contribution in [0.4, 0.5) is 4.39 Å². The maximum Gasteiger partial charge on any atom is 0.286 e. The minimum Gasteiger partial charge on any atom is -0.489 e. The molecule has 6 rings (SSSR count). The largest absolute Gasteiger partial charge is 0.489 e. The number of para-hydroxylation sites is 1. The fourth-order valence-electron chi connectivity index (χ4n) is 4.76. The standard InChI is InChI=1S/C32H29FN4O2S/c1-22-15-17-36(18-16-22)32-34-31(38)29(40-32)19-25-20-37(27-5-3-2-4-6-27)35-30(25)24-9-13-28(14-10-24)39-21-23-7-11-26(33)12-8-23/h2-14,19-20,22H,15-18,21H2,1H3/b29-19-. The SMILES string of the molecule is CC1CCN(C2=NC(=O)/C(=C/c3cn(-c4ccccc4)nc3-c3ccc(OCc4ccc(F)cc4)cc3)S2)CC1. The Labute approximate surface area is 237 Å². The van der Waals surface area contributed by atoms with Crippen LogP contribution in [0.15, 0.2) is 95.0 Å². The number of halogens is 1. The number of rotatable bonds is 6. The van der Waals surface area contributed by atoms with Gasteiger partial charge in [0, 0.05) is 30.4 Å². The summed E-state index contributed by atoms with van der Waals surface area (Å²) >= 11 is 1.45. The number of likely N-dealkylation sites (tertiary alicyclic amines) is 1. The highest BCUT2D eigenvalue weighted by Gasteiger charge is 2.28. The molecule has 0 unspecified atom stereocenters. The number of carbonyl (C=O) groups excluding carboxylic acids is 1. The van der Waals surface area contributed by atoms with Crippen molar-refractivity contribution in [1.29, 1.82) is 0 Å². The molecule has 6 nitrogen and oxygen atoms in total. The number of hydrogen-bond acceptors (Lipinski definition) is 5. The Morgan fingerprint density at radius 3 is 2.45 bits per heavy atom. The van der Waals surface area contributed by atoms with Crippen LogP contribution in [0.25, 0.3) is 23.0 Å². The fourth-order valence-corrected chi connectivity index (χ4v) is 5.72. The Balaban J connectivity index is 1.25. The Morgan fingerprint density at radius 2 is 1.73 bits per heavy atom. The molecule has 0 spiro atoms. The molecule has 3 aromatic carbocycles. The molecule has 1 saturated heterocycles. The molecule has 0 aliphatic carbocycles. The van der Waals surface area contributed by atoms with Crippen molar-refractivity contribution in [2.75, 3.05) is 13.1 Å². The fraction of sp³-hybridized carbons (Fsp3) is 0.219. The van der Waals surface area contributed by atoms with Crippen molar-refractivity contribution in [3.63, 3.8) is 0 Å². The number of carbonyl (C=O) groups is 1. The van der Waals surface area contributed by atoms with Crippen LogP contribution in [-0.2, 0) is 11.4 Å². The van der Waals surface area contributed by atoms with E-state index < -0.39 is 0 Å². The van der Waals surface area contributed by atoms with Gasteiger partial charge in [-0.25, -0.2) is 9.07 Å². The maximum atomic E-state index is 13.2. The highest BCUT2D eigenvalue weighted by molar-refractivity contribution is 8.18. The first-order valence-corrected chi connectivity index (χ1v) is 14.2. The molecule has 40 heavy (non-hydrogen) atoms. The highest BCUT2D eigenvalue weighted by Crippen LogP contribution is 2.35. The van der Waals surface area contributed by atoms with Crippen LogP contribution in [0.1, 0.15) is 30.9 Å². The number of thioether (sulfide) groups is 1. The van der Waals surface area contributed by atoms with Gasteiger partial charge in [0.25, 0.3) is 5.91 Å². The monoisotopic (exact) mass is 552 g/mol. The van der Waals surface area contributed by atoms with Gasteiger partial charge < -0.3 is 9.64 Å². The predicted molar refractivity (Wildman–Crippen MR) is 158 cm³/mol. The average molecular weight is 553 g/mol.